The van der Waals surface area contributed by atoms with E-state index in [-0.39, 0.29) is 12.5 Å². The molecule has 0 radical (unpaired) electrons. The molecule has 0 unspecified atom stereocenters. The standard InChI is InChI=1S/C18H17N3O2S/c1-13-6-5-7-14(10-13)18-20-17(23-21-18)11-19-16(22)12-24-15-8-3-2-4-9-15/h2-10H,11-12H2,1H3,(H,19,22). The van der Waals surface area contributed by atoms with Crippen LogP contribution in [0.15, 0.2) is 64.0 Å². The third-order valence-corrected chi connectivity index (χ3v) is 4.31. The molecule has 0 aliphatic heterocycles. The van der Waals surface area contributed by atoms with Crippen LogP contribution >= 0.6 is 11.8 Å². The average Bonchev–Trinajstić information content (AvgIpc) is 3.08. The molecule has 6 heteroatoms. The SMILES string of the molecule is Cc1cccc(-c2noc(CNC(=O)CSc3ccccc3)n2)c1. The van der Waals surface area contributed by atoms with Crippen molar-refractivity contribution in [2.45, 2.75) is 18.4 Å². The Bertz CT molecular complexity index is 818. The van der Waals surface area contributed by atoms with Gasteiger partial charge in [0.1, 0.15) is 0 Å². The summed E-state index contributed by atoms with van der Waals surface area (Å²) in [5.74, 6) is 1.20. The predicted molar refractivity (Wildman–Crippen MR) is 93.5 cm³/mol. The summed E-state index contributed by atoms with van der Waals surface area (Å²) in [6, 6.07) is 17.7. The fourth-order valence-corrected chi connectivity index (χ4v) is 2.87. The van der Waals surface area contributed by atoms with Crippen molar-refractivity contribution >= 4 is 17.7 Å². The summed E-state index contributed by atoms with van der Waals surface area (Å²) < 4.78 is 5.19. The second-order valence-electron chi connectivity index (χ2n) is 5.26. The number of amides is 1. The Kier molecular flexibility index (Phi) is 5.28. The van der Waals surface area contributed by atoms with Crippen molar-refractivity contribution in [3.8, 4) is 11.4 Å². The van der Waals surface area contributed by atoms with Crippen molar-refractivity contribution in [2.75, 3.05) is 5.75 Å². The molecule has 1 N–H and O–H groups in total. The smallest absolute Gasteiger partial charge is 0.246 e. The van der Waals surface area contributed by atoms with Crippen molar-refractivity contribution in [1.29, 1.82) is 0 Å². The van der Waals surface area contributed by atoms with Crippen LogP contribution in [0.2, 0.25) is 0 Å². The summed E-state index contributed by atoms with van der Waals surface area (Å²) in [4.78, 5) is 17.3. The molecule has 3 aromatic rings. The molecule has 0 aliphatic carbocycles. The van der Waals surface area contributed by atoms with E-state index in [0.717, 1.165) is 16.0 Å². The summed E-state index contributed by atoms with van der Waals surface area (Å²) in [7, 11) is 0. The maximum Gasteiger partial charge on any atom is 0.246 e. The van der Waals surface area contributed by atoms with Gasteiger partial charge < -0.3 is 9.84 Å². The minimum absolute atomic E-state index is 0.0702. The monoisotopic (exact) mass is 339 g/mol. The van der Waals surface area contributed by atoms with Crippen molar-refractivity contribution in [3.63, 3.8) is 0 Å². The van der Waals surface area contributed by atoms with E-state index in [2.05, 4.69) is 15.5 Å². The second kappa shape index (κ2) is 7.79. The van der Waals surface area contributed by atoms with Crippen molar-refractivity contribution < 1.29 is 9.32 Å². The van der Waals surface area contributed by atoms with Crippen molar-refractivity contribution in [2.24, 2.45) is 0 Å². The van der Waals surface area contributed by atoms with Crippen LogP contribution in [0, 0.1) is 6.92 Å². The molecule has 24 heavy (non-hydrogen) atoms. The van der Waals surface area contributed by atoms with E-state index in [0.29, 0.717) is 17.5 Å². The molecule has 122 valence electrons. The average molecular weight is 339 g/mol. The summed E-state index contributed by atoms with van der Waals surface area (Å²) in [6.45, 7) is 2.24. The first-order valence-electron chi connectivity index (χ1n) is 7.55. The van der Waals surface area contributed by atoms with E-state index in [1.807, 2.05) is 61.5 Å². The van der Waals surface area contributed by atoms with Gasteiger partial charge in [0.15, 0.2) is 0 Å². The van der Waals surface area contributed by atoms with Crippen molar-refractivity contribution in [3.05, 3.63) is 66.1 Å². The number of carbonyl (C=O) groups is 1. The number of aromatic nitrogens is 2. The maximum absolute atomic E-state index is 11.9. The first-order valence-corrected chi connectivity index (χ1v) is 8.53. The van der Waals surface area contributed by atoms with Crippen LogP contribution < -0.4 is 5.32 Å². The Balaban J connectivity index is 1.51. The Hall–Kier alpha value is -2.60. The maximum atomic E-state index is 11.9. The summed E-state index contributed by atoms with van der Waals surface area (Å²) >= 11 is 1.49. The highest BCUT2D eigenvalue weighted by Crippen LogP contribution is 2.18. The zero-order valence-corrected chi connectivity index (χ0v) is 14.0. The Morgan fingerprint density at radius 1 is 1.17 bits per heavy atom. The molecule has 0 saturated heterocycles. The number of nitrogens with one attached hydrogen (secondary N) is 1. The molecule has 1 aromatic heterocycles. The molecular formula is C18H17N3O2S. The fourth-order valence-electron chi connectivity index (χ4n) is 2.12. The van der Waals surface area contributed by atoms with Crippen LogP contribution in [-0.4, -0.2) is 21.8 Å². The highest BCUT2D eigenvalue weighted by atomic mass is 32.2. The van der Waals surface area contributed by atoms with E-state index in [4.69, 9.17) is 4.52 Å². The molecule has 5 nitrogen and oxygen atoms in total. The highest BCUT2D eigenvalue weighted by Gasteiger charge is 2.10. The van der Waals surface area contributed by atoms with E-state index in [1.165, 1.54) is 11.8 Å². The first kappa shape index (κ1) is 16.3. The topological polar surface area (TPSA) is 68.0 Å². The number of rotatable bonds is 6. The van der Waals surface area contributed by atoms with Crippen LogP contribution in [0.3, 0.4) is 0 Å². The molecule has 0 fully saturated rings. The zero-order chi connectivity index (χ0) is 16.8. The lowest BCUT2D eigenvalue weighted by atomic mass is 10.1. The quantitative estimate of drug-likeness (QED) is 0.697. The number of benzene rings is 2. The van der Waals surface area contributed by atoms with E-state index in [1.54, 1.807) is 0 Å². The lowest BCUT2D eigenvalue weighted by Crippen LogP contribution is -2.24. The third-order valence-electron chi connectivity index (χ3n) is 3.29. The zero-order valence-electron chi connectivity index (χ0n) is 13.2. The normalized spacial score (nSPS) is 10.5. The van der Waals surface area contributed by atoms with Gasteiger partial charge in [0.05, 0.1) is 12.3 Å². The first-order chi connectivity index (χ1) is 11.7. The molecule has 3 rings (SSSR count). The van der Waals surface area contributed by atoms with Gasteiger partial charge >= 0.3 is 0 Å². The largest absolute Gasteiger partial charge is 0.346 e. The number of thioether (sulfide) groups is 1. The number of hydrogen-bond acceptors (Lipinski definition) is 5. The Morgan fingerprint density at radius 2 is 2.00 bits per heavy atom. The lowest BCUT2D eigenvalue weighted by Gasteiger charge is -2.02. The van der Waals surface area contributed by atoms with Crippen LogP contribution in [0.4, 0.5) is 0 Å². The fraction of sp³-hybridized carbons (Fsp3) is 0.167. The molecule has 0 atom stereocenters. The number of carbonyl (C=O) groups excluding carboxylic acids is 1. The molecule has 2 aromatic carbocycles. The van der Waals surface area contributed by atoms with E-state index in [9.17, 15) is 4.79 Å². The van der Waals surface area contributed by atoms with Gasteiger partial charge in [-0.25, -0.2) is 0 Å². The summed E-state index contributed by atoms with van der Waals surface area (Å²) in [5, 5.41) is 6.75. The number of nitrogens with zero attached hydrogens (tertiary/aromatic N) is 2. The molecule has 1 amide bonds. The van der Waals surface area contributed by atoms with Gasteiger partial charge in [0.2, 0.25) is 17.6 Å². The van der Waals surface area contributed by atoms with Crippen LogP contribution in [0.1, 0.15) is 11.5 Å². The number of aryl methyl sites for hydroxylation is 1. The van der Waals surface area contributed by atoms with Gasteiger partial charge in [-0.2, -0.15) is 4.98 Å². The molecular weight excluding hydrogens is 322 g/mol. The van der Waals surface area contributed by atoms with E-state index >= 15 is 0 Å². The van der Waals surface area contributed by atoms with Gasteiger partial charge in [-0.05, 0) is 25.1 Å². The molecule has 0 bridgehead atoms. The number of hydrogen-bond donors (Lipinski definition) is 1. The molecule has 0 aliphatic rings. The summed E-state index contributed by atoms with van der Waals surface area (Å²) in [5.41, 5.74) is 2.03. The van der Waals surface area contributed by atoms with Crippen LogP contribution in [0.5, 0.6) is 0 Å². The molecule has 1 heterocycles. The highest BCUT2D eigenvalue weighted by molar-refractivity contribution is 8.00. The molecule has 0 spiro atoms. The van der Waals surface area contributed by atoms with Crippen molar-refractivity contribution in [1.82, 2.24) is 15.5 Å². The van der Waals surface area contributed by atoms with Gasteiger partial charge in [-0.3, -0.25) is 4.79 Å². The summed E-state index contributed by atoms with van der Waals surface area (Å²) in [6.07, 6.45) is 0. The van der Waals surface area contributed by atoms with E-state index < -0.39 is 0 Å². The Labute approximate surface area is 144 Å². The van der Waals surface area contributed by atoms with Gasteiger partial charge in [-0.15, -0.1) is 11.8 Å². The van der Waals surface area contributed by atoms with Gasteiger partial charge in [0.25, 0.3) is 0 Å². The second-order valence-corrected chi connectivity index (χ2v) is 6.31. The molecule has 0 saturated carbocycles. The lowest BCUT2D eigenvalue weighted by molar-refractivity contribution is -0.118. The minimum Gasteiger partial charge on any atom is -0.346 e. The van der Waals surface area contributed by atoms with Gasteiger partial charge in [-0.1, -0.05) is 47.1 Å². The van der Waals surface area contributed by atoms with Gasteiger partial charge in [0, 0.05) is 10.5 Å². The van der Waals surface area contributed by atoms with Crippen LogP contribution in [-0.2, 0) is 11.3 Å². The Morgan fingerprint density at radius 3 is 2.79 bits per heavy atom. The third kappa shape index (κ3) is 4.45. The van der Waals surface area contributed by atoms with Crippen LogP contribution in [0.25, 0.3) is 11.4 Å². The predicted octanol–water partition coefficient (Wildman–Crippen LogP) is 3.45. The minimum atomic E-state index is -0.0702.